The lowest BCUT2D eigenvalue weighted by molar-refractivity contribution is 1.20. The second-order valence-corrected chi connectivity index (χ2v) is 3.15. The molecule has 1 aliphatic rings. The molecular weight excluding hydrogens is 194 g/mol. The largest absolute Gasteiger partial charge is 0.319 e. The predicted octanol–water partition coefficient (Wildman–Crippen LogP) is -0.889. The highest BCUT2D eigenvalue weighted by Crippen LogP contribution is 1.99. The quantitative estimate of drug-likeness (QED) is 0.575. The Hall–Kier alpha value is -2.37. The number of nitrogens with one attached hydrogen (secondary N) is 2. The molecule has 0 radical (unpaired) electrons. The smallest absolute Gasteiger partial charge is 0.266 e. The number of fused-ring (bicyclic) bond motifs is 2. The highest BCUT2D eigenvalue weighted by molar-refractivity contribution is 5.81. The predicted molar refractivity (Wildman–Crippen MR) is 52.4 cm³/mol. The van der Waals surface area contributed by atoms with Gasteiger partial charge >= 0.3 is 0 Å². The summed E-state index contributed by atoms with van der Waals surface area (Å²) in [6.45, 7) is 0. The van der Waals surface area contributed by atoms with Gasteiger partial charge in [-0.25, -0.2) is 15.0 Å². The number of H-pyrrole nitrogens is 1. The van der Waals surface area contributed by atoms with Crippen molar-refractivity contribution in [1.82, 2.24) is 9.97 Å². The van der Waals surface area contributed by atoms with Gasteiger partial charge in [-0.2, -0.15) is 0 Å². The van der Waals surface area contributed by atoms with E-state index in [2.05, 4.69) is 20.0 Å². The third kappa shape index (κ3) is 1.15. The molecule has 0 aliphatic carbocycles. The van der Waals surface area contributed by atoms with Crippen molar-refractivity contribution >= 4 is 17.0 Å². The first-order chi connectivity index (χ1) is 7.22. The Morgan fingerprint density at radius 3 is 2.73 bits per heavy atom. The summed E-state index contributed by atoms with van der Waals surface area (Å²) in [5, 5.41) is 8.50. The van der Waals surface area contributed by atoms with Crippen LogP contribution in [0.15, 0.2) is 33.1 Å². The van der Waals surface area contributed by atoms with Gasteiger partial charge in [-0.3, -0.25) is 10.2 Å². The first kappa shape index (κ1) is 7.98. The zero-order valence-corrected chi connectivity index (χ0v) is 7.48. The molecule has 0 spiro atoms. The first-order valence-corrected chi connectivity index (χ1v) is 4.27. The summed E-state index contributed by atoms with van der Waals surface area (Å²) < 4.78 is 0. The molecule has 0 fully saturated rings. The number of rotatable bonds is 0. The van der Waals surface area contributed by atoms with E-state index >= 15 is 0 Å². The van der Waals surface area contributed by atoms with Crippen molar-refractivity contribution in [3.05, 3.63) is 39.4 Å². The molecule has 1 aromatic carbocycles. The van der Waals surface area contributed by atoms with E-state index in [1.165, 1.54) is 6.20 Å². The lowest BCUT2D eigenvalue weighted by Crippen LogP contribution is -2.22. The van der Waals surface area contributed by atoms with Gasteiger partial charge in [-0.05, 0) is 12.1 Å². The molecule has 0 saturated heterocycles. The molecular formula is C9H5N5O. The van der Waals surface area contributed by atoms with E-state index in [1.807, 2.05) is 0 Å². The van der Waals surface area contributed by atoms with Gasteiger partial charge in [-0.15, -0.1) is 0 Å². The molecule has 2 heterocycles. The summed E-state index contributed by atoms with van der Waals surface area (Å²) >= 11 is 0. The zero-order valence-electron chi connectivity index (χ0n) is 7.48. The van der Waals surface area contributed by atoms with Gasteiger partial charge in [0.05, 0.1) is 27.9 Å². The minimum atomic E-state index is -0.257. The SMILES string of the molecule is N=C1N=c2cc3ncc(=O)[nH]c3cc2=N1. The summed E-state index contributed by atoms with van der Waals surface area (Å²) in [6, 6.07) is 3.37. The van der Waals surface area contributed by atoms with Crippen molar-refractivity contribution in [2.75, 3.05) is 0 Å². The molecule has 2 N–H and O–H groups in total. The summed E-state index contributed by atoms with van der Waals surface area (Å²) in [4.78, 5) is 25.5. The van der Waals surface area contributed by atoms with Crippen LogP contribution in [-0.4, -0.2) is 15.9 Å². The van der Waals surface area contributed by atoms with Crippen LogP contribution in [0.1, 0.15) is 0 Å². The lowest BCUT2D eigenvalue weighted by Gasteiger charge is -1.93. The average Bonchev–Trinajstić information content (AvgIpc) is 2.53. The number of aromatic nitrogens is 2. The number of guanidine groups is 1. The van der Waals surface area contributed by atoms with Crippen molar-refractivity contribution in [3.8, 4) is 0 Å². The standard InChI is InChI=1S/C9H5N5O/c10-9-13-6-1-4-5(2-7(6)14-9)12-8(15)3-11-4/h1-3,10H,(H,12,15). The fraction of sp³-hybridized carbons (Fsp3) is 0. The van der Waals surface area contributed by atoms with E-state index in [0.717, 1.165) is 0 Å². The molecule has 0 amide bonds. The molecule has 2 aromatic rings. The zero-order chi connectivity index (χ0) is 10.4. The summed E-state index contributed by atoms with van der Waals surface area (Å²) in [7, 11) is 0. The lowest BCUT2D eigenvalue weighted by atomic mass is 10.3. The summed E-state index contributed by atoms with van der Waals surface area (Å²) in [5.74, 6) is -0.0253. The molecule has 0 bridgehead atoms. The Balaban J connectivity index is 2.56. The average molecular weight is 199 g/mol. The third-order valence-electron chi connectivity index (χ3n) is 2.12. The van der Waals surface area contributed by atoms with E-state index in [4.69, 9.17) is 5.41 Å². The fourth-order valence-corrected chi connectivity index (χ4v) is 1.50. The van der Waals surface area contributed by atoms with Crippen molar-refractivity contribution < 1.29 is 0 Å². The maximum atomic E-state index is 11.0. The van der Waals surface area contributed by atoms with E-state index in [-0.39, 0.29) is 11.5 Å². The molecule has 0 atom stereocenters. The van der Waals surface area contributed by atoms with E-state index in [0.29, 0.717) is 21.7 Å². The maximum Gasteiger partial charge on any atom is 0.266 e. The molecule has 1 aromatic heterocycles. The van der Waals surface area contributed by atoms with Crippen LogP contribution in [0.5, 0.6) is 0 Å². The molecule has 1 aliphatic heterocycles. The van der Waals surface area contributed by atoms with Crippen molar-refractivity contribution in [3.63, 3.8) is 0 Å². The minimum absolute atomic E-state index is 0.0253. The normalized spacial score (nSPS) is 13.5. The molecule has 6 heteroatoms. The van der Waals surface area contributed by atoms with Gasteiger partial charge in [-0.1, -0.05) is 0 Å². The Bertz CT molecular complexity index is 758. The van der Waals surface area contributed by atoms with Crippen LogP contribution in [-0.2, 0) is 0 Å². The molecule has 3 rings (SSSR count). The Kier molecular flexibility index (Phi) is 1.37. The highest BCUT2D eigenvalue weighted by atomic mass is 16.1. The second-order valence-electron chi connectivity index (χ2n) is 3.15. The number of hydrogen-bond acceptors (Lipinski definition) is 3. The maximum absolute atomic E-state index is 11.0. The number of hydrogen-bond donors (Lipinski definition) is 2. The molecule has 72 valence electrons. The molecule has 0 unspecified atom stereocenters. The first-order valence-electron chi connectivity index (χ1n) is 4.27. The van der Waals surface area contributed by atoms with Crippen molar-refractivity contribution in [2.45, 2.75) is 0 Å². The Labute approximate surface area is 82.5 Å². The summed E-state index contributed by atoms with van der Waals surface area (Å²) in [5.41, 5.74) is 0.990. The van der Waals surface area contributed by atoms with Crippen LogP contribution < -0.4 is 16.3 Å². The van der Waals surface area contributed by atoms with E-state index in [1.54, 1.807) is 12.1 Å². The fourth-order valence-electron chi connectivity index (χ4n) is 1.50. The second kappa shape index (κ2) is 2.57. The van der Waals surface area contributed by atoms with E-state index < -0.39 is 0 Å². The van der Waals surface area contributed by atoms with Gasteiger partial charge in [0.25, 0.3) is 5.56 Å². The van der Waals surface area contributed by atoms with Crippen LogP contribution in [0.3, 0.4) is 0 Å². The van der Waals surface area contributed by atoms with Gasteiger partial charge in [0.15, 0.2) is 0 Å². The number of nitrogens with zero attached hydrogens (tertiary/aromatic N) is 3. The molecule has 6 nitrogen and oxygen atoms in total. The summed E-state index contributed by atoms with van der Waals surface area (Å²) in [6.07, 6.45) is 1.21. The number of aromatic amines is 1. The van der Waals surface area contributed by atoms with E-state index in [9.17, 15) is 4.79 Å². The van der Waals surface area contributed by atoms with Gasteiger partial charge in [0.1, 0.15) is 0 Å². The molecule has 0 saturated carbocycles. The number of benzene rings is 1. The van der Waals surface area contributed by atoms with Crippen molar-refractivity contribution in [1.29, 1.82) is 5.41 Å². The van der Waals surface area contributed by atoms with Crippen LogP contribution in [0.25, 0.3) is 11.0 Å². The monoisotopic (exact) mass is 199 g/mol. The Morgan fingerprint density at radius 1 is 1.20 bits per heavy atom. The van der Waals surface area contributed by atoms with Crippen LogP contribution in [0.4, 0.5) is 0 Å². The topological polar surface area (TPSA) is 94.3 Å². The van der Waals surface area contributed by atoms with Gasteiger partial charge < -0.3 is 4.98 Å². The Morgan fingerprint density at radius 2 is 1.93 bits per heavy atom. The van der Waals surface area contributed by atoms with Crippen LogP contribution >= 0.6 is 0 Å². The molecule has 15 heavy (non-hydrogen) atoms. The minimum Gasteiger partial charge on any atom is -0.319 e. The van der Waals surface area contributed by atoms with Crippen LogP contribution in [0.2, 0.25) is 0 Å². The van der Waals surface area contributed by atoms with Crippen LogP contribution in [0, 0.1) is 5.41 Å². The van der Waals surface area contributed by atoms with Gasteiger partial charge in [0.2, 0.25) is 5.96 Å². The van der Waals surface area contributed by atoms with Gasteiger partial charge in [0, 0.05) is 0 Å². The third-order valence-corrected chi connectivity index (χ3v) is 2.12. The highest BCUT2D eigenvalue weighted by Gasteiger charge is 2.04. The van der Waals surface area contributed by atoms with Crippen molar-refractivity contribution in [2.24, 2.45) is 9.98 Å².